The highest BCUT2D eigenvalue weighted by Crippen LogP contribution is 2.30. The number of piperidine rings is 1. The molecule has 2 atom stereocenters. The summed E-state index contributed by atoms with van der Waals surface area (Å²) in [5.74, 6) is -0.659. The summed E-state index contributed by atoms with van der Waals surface area (Å²) in [5.41, 5.74) is 0. The molecule has 2 aliphatic heterocycles. The van der Waals surface area contributed by atoms with Crippen LogP contribution in [0.3, 0.4) is 0 Å². The number of hydrogen-bond acceptors (Lipinski definition) is 7. The molecule has 0 aliphatic carbocycles. The monoisotopic (exact) mass is 364 g/mol. The number of fused-ring (bicyclic) bond motifs is 2. The smallest absolute Gasteiger partial charge is 0.347 e. The largest absolute Gasteiger partial charge is 0.418 e. The first-order valence-corrected chi connectivity index (χ1v) is 8.66. The molecule has 0 spiro atoms. The van der Waals surface area contributed by atoms with Crippen LogP contribution in [-0.4, -0.2) is 91.4 Å². The van der Waals surface area contributed by atoms with Crippen LogP contribution in [-0.2, 0) is 24.3 Å². The molecule has 3 amide bonds. The van der Waals surface area contributed by atoms with Gasteiger partial charge >= 0.3 is 16.4 Å². The van der Waals surface area contributed by atoms with Crippen molar-refractivity contribution in [2.45, 2.75) is 24.9 Å². The van der Waals surface area contributed by atoms with E-state index >= 15 is 0 Å². The second kappa shape index (κ2) is 7.01. The number of amides is 3. The molecule has 0 radical (unpaired) electrons. The summed E-state index contributed by atoms with van der Waals surface area (Å²) in [6.45, 7) is 0.147. The SMILES string of the molecule is CN(C)CC(=O)CNC(=O)[C@@H]1CC[C@@H]2CN1C(=O)N2OS(=O)(=O)O. The van der Waals surface area contributed by atoms with Crippen LogP contribution in [0, 0.1) is 0 Å². The van der Waals surface area contributed by atoms with Gasteiger partial charge in [0.15, 0.2) is 5.78 Å². The Balaban J connectivity index is 1.96. The first-order valence-electron chi connectivity index (χ1n) is 7.29. The van der Waals surface area contributed by atoms with Crippen molar-refractivity contribution in [1.29, 1.82) is 0 Å². The number of rotatable bonds is 7. The van der Waals surface area contributed by atoms with Gasteiger partial charge in [0.2, 0.25) is 5.91 Å². The lowest BCUT2D eigenvalue weighted by Crippen LogP contribution is -2.51. The van der Waals surface area contributed by atoms with Crippen LogP contribution in [0.15, 0.2) is 0 Å². The zero-order valence-corrected chi connectivity index (χ0v) is 14.2. The van der Waals surface area contributed by atoms with Gasteiger partial charge < -0.3 is 15.1 Å². The van der Waals surface area contributed by atoms with Gasteiger partial charge in [-0.2, -0.15) is 13.5 Å². The van der Waals surface area contributed by atoms with Gasteiger partial charge in [-0.1, -0.05) is 0 Å². The number of Topliss-reactive ketones (excluding diaryl/α,β-unsaturated/α-hetero) is 1. The van der Waals surface area contributed by atoms with Crippen LogP contribution in [0.25, 0.3) is 0 Å². The van der Waals surface area contributed by atoms with Crippen molar-refractivity contribution < 1.29 is 31.6 Å². The number of carbonyl (C=O) groups excluding carboxylic acids is 3. The minimum atomic E-state index is -4.82. The van der Waals surface area contributed by atoms with Crippen LogP contribution >= 0.6 is 0 Å². The van der Waals surface area contributed by atoms with Crippen LogP contribution in [0.5, 0.6) is 0 Å². The number of hydroxylamine groups is 2. The molecule has 2 saturated heterocycles. The highest BCUT2D eigenvalue weighted by molar-refractivity contribution is 7.80. The van der Waals surface area contributed by atoms with Crippen LogP contribution in [0.1, 0.15) is 12.8 Å². The molecular formula is C12H20N4O7S. The predicted molar refractivity (Wildman–Crippen MR) is 80.0 cm³/mol. The van der Waals surface area contributed by atoms with Crippen molar-refractivity contribution in [2.24, 2.45) is 0 Å². The Labute approximate surface area is 139 Å². The quantitative estimate of drug-likeness (QED) is 0.507. The van der Waals surface area contributed by atoms with E-state index in [0.29, 0.717) is 17.9 Å². The Morgan fingerprint density at radius 3 is 2.62 bits per heavy atom. The number of nitrogens with zero attached hydrogens (tertiary/aromatic N) is 3. The molecule has 2 heterocycles. The zero-order chi connectivity index (χ0) is 18.1. The van der Waals surface area contributed by atoms with Crippen molar-refractivity contribution >= 4 is 28.1 Å². The van der Waals surface area contributed by atoms with Crippen LogP contribution in [0.2, 0.25) is 0 Å². The maximum atomic E-state index is 12.2. The molecule has 0 unspecified atom stereocenters. The van der Waals surface area contributed by atoms with E-state index < -0.39 is 34.4 Å². The van der Waals surface area contributed by atoms with Gasteiger partial charge in [-0.05, 0) is 26.9 Å². The van der Waals surface area contributed by atoms with E-state index in [2.05, 4.69) is 9.60 Å². The van der Waals surface area contributed by atoms with Crippen molar-refractivity contribution in [3.8, 4) is 0 Å². The fourth-order valence-electron chi connectivity index (χ4n) is 2.82. The number of urea groups is 1. The fraction of sp³-hybridized carbons (Fsp3) is 0.750. The van der Waals surface area contributed by atoms with Crippen LogP contribution < -0.4 is 5.32 Å². The number of nitrogens with one attached hydrogen (secondary N) is 1. The summed E-state index contributed by atoms with van der Waals surface area (Å²) in [4.78, 5) is 38.8. The van der Waals surface area contributed by atoms with E-state index in [9.17, 15) is 22.8 Å². The second-order valence-corrected chi connectivity index (χ2v) is 7.01. The summed E-state index contributed by atoms with van der Waals surface area (Å²) >= 11 is 0. The first kappa shape index (κ1) is 18.6. The molecule has 0 saturated carbocycles. The predicted octanol–water partition coefficient (Wildman–Crippen LogP) is -1.76. The highest BCUT2D eigenvalue weighted by Gasteiger charge is 2.49. The van der Waals surface area contributed by atoms with E-state index in [4.69, 9.17) is 4.55 Å². The Morgan fingerprint density at radius 1 is 1.38 bits per heavy atom. The standard InChI is InChI=1S/C12H20N4O7S/c1-14(2)7-9(17)5-13-11(18)10-4-3-8-6-15(10)12(19)16(8)23-24(20,21)22/h8,10H,3-7H2,1-2H3,(H,13,18)(H,20,21,22)/t8-,10+/m1/s1. The molecule has 0 aromatic rings. The van der Waals surface area contributed by atoms with Gasteiger partial charge in [0.05, 0.1) is 19.1 Å². The van der Waals surface area contributed by atoms with Gasteiger partial charge in [0.25, 0.3) is 0 Å². The topological polar surface area (TPSA) is 137 Å². The van der Waals surface area contributed by atoms with Crippen molar-refractivity contribution in [3.05, 3.63) is 0 Å². The Hall–Kier alpha value is -1.76. The molecule has 2 fully saturated rings. The molecule has 136 valence electrons. The maximum absolute atomic E-state index is 12.2. The summed E-state index contributed by atoms with van der Waals surface area (Å²) in [5, 5.41) is 3.06. The number of likely N-dealkylation sites (N-methyl/N-ethyl adjacent to an activating group) is 1. The summed E-state index contributed by atoms with van der Waals surface area (Å²) in [6, 6.07) is -2.18. The molecule has 24 heavy (non-hydrogen) atoms. The van der Waals surface area contributed by atoms with Crippen molar-refractivity contribution in [2.75, 3.05) is 33.7 Å². The lowest BCUT2D eigenvalue weighted by atomic mass is 10.0. The number of ketones is 1. The Kier molecular flexibility index (Phi) is 5.42. The zero-order valence-electron chi connectivity index (χ0n) is 13.3. The second-order valence-electron chi connectivity index (χ2n) is 6.00. The lowest BCUT2D eigenvalue weighted by Gasteiger charge is -2.29. The van der Waals surface area contributed by atoms with Gasteiger partial charge in [-0.15, -0.1) is 4.28 Å². The highest BCUT2D eigenvalue weighted by atomic mass is 32.3. The van der Waals surface area contributed by atoms with Crippen LogP contribution in [0.4, 0.5) is 4.79 Å². The third kappa shape index (κ3) is 4.41. The summed E-state index contributed by atoms with van der Waals surface area (Å²) in [7, 11) is -1.36. The molecule has 12 heteroatoms. The lowest BCUT2D eigenvalue weighted by molar-refractivity contribution is -0.128. The normalized spacial score (nSPS) is 23.8. The van der Waals surface area contributed by atoms with Crippen molar-refractivity contribution in [3.63, 3.8) is 0 Å². The summed E-state index contributed by atoms with van der Waals surface area (Å²) in [6.07, 6.45) is 0.636. The number of carbonyl (C=O) groups is 3. The average Bonchev–Trinajstić information content (AvgIpc) is 2.68. The number of hydrogen-bond donors (Lipinski definition) is 2. The van der Waals surface area contributed by atoms with E-state index in [1.807, 2.05) is 0 Å². The van der Waals surface area contributed by atoms with E-state index in [1.165, 1.54) is 4.90 Å². The van der Waals surface area contributed by atoms with Gasteiger partial charge in [-0.25, -0.2) is 4.79 Å². The molecule has 11 nitrogen and oxygen atoms in total. The van der Waals surface area contributed by atoms with Gasteiger partial charge in [0.1, 0.15) is 6.04 Å². The maximum Gasteiger partial charge on any atom is 0.418 e. The molecule has 2 N–H and O–H groups in total. The van der Waals surface area contributed by atoms with E-state index in [-0.39, 0.29) is 25.4 Å². The minimum Gasteiger partial charge on any atom is -0.347 e. The minimum absolute atomic E-state index is 0.109. The molecule has 0 aromatic carbocycles. The van der Waals surface area contributed by atoms with Gasteiger partial charge in [-0.3, -0.25) is 14.1 Å². The van der Waals surface area contributed by atoms with Crippen molar-refractivity contribution in [1.82, 2.24) is 20.2 Å². The summed E-state index contributed by atoms with van der Waals surface area (Å²) < 4.78 is 34.6. The molecule has 0 aromatic heterocycles. The third-order valence-corrected chi connectivity index (χ3v) is 4.10. The molecule has 2 aliphatic rings. The molecule has 2 rings (SSSR count). The van der Waals surface area contributed by atoms with E-state index in [0.717, 1.165) is 0 Å². The third-order valence-electron chi connectivity index (χ3n) is 3.75. The average molecular weight is 364 g/mol. The van der Waals surface area contributed by atoms with Gasteiger partial charge in [0, 0.05) is 6.54 Å². The Morgan fingerprint density at radius 2 is 2.04 bits per heavy atom. The molecular weight excluding hydrogens is 344 g/mol. The Bertz CT molecular complexity index is 635. The fourth-order valence-corrected chi connectivity index (χ4v) is 3.20. The molecule has 2 bridgehead atoms. The first-order chi connectivity index (χ1) is 11.1. The van der Waals surface area contributed by atoms with E-state index in [1.54, 1.807) is 19.0 Å².